The second-order valence-electron chi connectivity index (χ2n) is 4.46. The van der Waals surface area contributed by atoms with Crippen molar-refractivity contribution in [2.45, 2.75) is 19.8 Å². The number of carbonyl (C=O) groups is 2. The van der Waals surface area contributed by atoms with E-state index in [2.05, 4.69) is 15.4 Å². The van der Waals surface area contributed by atoms with Crippen LogP contribution in [0.4, 0.5) is 16.2 Å². The molecule has 0 saturated carbocycles. The lowest BCUT2D eigenvalue weighted by Crippen LogP contribution is -2.29. The molecular formula is C13H19N3O5S. The molecular weight excluding hydrogens is 310 g/mol. The van der Waals surface area contributed by atoms with Gasteiger partial charge in [0.1, 0.15) is 0 Å². The van der Waals surface area contributed by atoms with E-state index in [1.807, 2.05) is 0 Å². The predicted octanol–water partition coefficient (Wildman–Crippen LogP) is 1.43. The van der Waals surface area contributed by atoms with Crippen LogP contribution in [-0.2, 0) is 14.8 Å². The lowest BCUT2D eigenvalue weighted by Gasteiger charge is -2.09. The number of sulfonamides is 1. The summed E-state index contributed by atoms with van der Waals surface area (Å²) in [5.74, 6) is -0.932. The number of carboxylic acids is 1. The maximum Gasteiger partial charge on any atom is 0.319 e. The molecule has 0 aliphatic carbocycles. The van der Waals surface area contributed by atoms with Crippen LogP contribution in [0.25, 0.3) is 0 Å². The SMILES string of the molecule is CCS(=O)(=O)Nc1ccc(NC(=O)NCCCC(=O)O)cc1. The van der Waals surface area contributed by atoms with Gasteiger partial charge in [-0.15, -0.1) is 0 Å². The normalized spacial score (nSPS) is 10.8. The summed E-state index contributed by atoms with van der Waals surface area (Å²) in [5.41, 5.74) is 0.907. The van der Waals surface area contributed by atoms with Gasteiger partial charge in [-0.05, 0) is 37.6 Å². The zero-order valence-electron chi connectivity index (χ0n) is 12.1. The molecule has 0 atom stereocenters. The fourth-order valence-electron chi connectivity index (χ4n) is 1.49. The fraction of sp³-hybridized carbons (Fsp3) is 0.385. The number of urea groups is 1. The minimum Gasteiger partial charge on any atom is -0.481 e. The van der Waals surface area contributed by atoms with Crippen molar-refractivity contribution in [2.75, 3.05) is 22.3 Å². The third kappa shape index (κ3) is 6.93. The van der Waals surface area contributed by atoms with Gasteiger partial charge >= 0.3 is 12.0 Å². The zero-order chi connectivity index (χ0) is 16.6. The second-order valence-corrected chi connectivity index (χ2v) is 6.47. The molecule has 22 heavy (non-hydrogen) atoms. The summed E-state index contributed by atoms with van der Waals surface area (Å²) >= 11 is 0. The first-order valence-corrected chi connectivity index (χ1v) is 8.35. The number of amides is 2. The molecule has 9 heteroatoms. The molecule has 2 amide bonds. The molecule has 4 N–H and O–H groups in total. The number of hydrogen-bond acceptors (Lipinski definition) is 4. The first kappa shape index (κ1) is 17.8. The Kier molecular flexibility index (Phi) is 6.64. The van der Waals surface area contributed by atoms with Crippen LogP contribution in [-0.4, -0.2) is 37.8 Å². The van der Waals surface area contributed by atoms with Gasteiger partial charge in [0, 0.05) is 24.3 Å². The van der Waals surface area contributed by atoms with Gasteiger partial charge in [0.05, 0.1) is 5.75 Å². The Morgan fingerprint density at radius 3 is 2.27 bits per heavy atom. The van der Waals surface area contributed by atoms with Crippen molar-refractivity contribution in [3.05, 3.63) is 24.3 Å². The highest BCUT2D eigenvalue weighted by atomic mass is 32.2. The van der Waals surface area contributed by atoms with Gasteiger partial charge < -0.3 is 15.7 Å². The molecule has 0 aromatic heterocycles. The quantitative estimate of drug-likeness (QED) is 0.537. The van der Waals surface area contributed by atoms with E-state index in [1.165, 1.54) is 19.1 Å². The largest absolute Gasteiger partial charge is 0.481 e. The van der Waals surface area contributed by atoms with Crippen LogP contribution < -0.4 is 15.4 Å². The molecule has 0 saturated heterocycles. The van der Waals surface area contributed by atoms with E-state index in [9.17, 15) is 18.0 Å². The number of nitrogens with one attached hydrogen (secondary N) is 3. The minimum absolute atomic E-state index is 0.00739. The Morgan fingerprint density at radius 2 is 1.73 bits per heavy atom. The maximum absolute atomic E-state index is 11.5. The lowest BCUT2D eigenvalue weighted by molar-refractivity contribution is -0.137. The smallest absolute Gasteiger partial charge is 0.319 e. The zero-order valence-corrected chi connectivity index (χ0v) is 12.9. The highest BCUT2D eigenvalue weighted by Gasteiger charge is 2.07. The van der Waals surface area contributed by atoms with Gasteiger partial charge in [-0.2, -0.15) is 0 Å². The summed E-state index contributed by atoms with van der Waals surface area (Å²) in [6, 6.07) is 5.74. The number of benzene rings is 1. The molecule has 0 spiro atoms. The van der Waals surface area contributed by atoms with Crippen molar-refractivity contribution in [2.24, 2.45) is 0 Å². The van der Waals surface area contributed by atoms with Crippen LogP contribution in [0.1, 0.15) is 19.8 Å². The summed E-state index contributed by atoms with van der Waals surface area (Å²) in [5, 5.41) is 13.5. The number of hydrogen-bond donors (Lipinski definition) is 4. The van der Waals surface area contributed by atoms with Crippen molar-refractivity contribution >= 4 is 33.4 Å². The molecule has 0 aliphatic heterocycles. The van der Waals surface area contributed by atoms with Crippen molar-refractivity contribution in [1.29, 1.82) is 0 Å². The summed E-state index contributed by atoms with van der Waals surface area (Å²) in [6.45, 7) is 1.79. The third-order valence-electron chi connectivity index (χ3n) is 2.65. The highest BCUT2D eigenvalue weighted by molar-refractivity contribution is 7.92. The van der Waals surface area contributed by atoms with Crippen molar-refractivity contribution < 1.29 is 23.1 Å². The van der Waals surface area contributed by atoms with E-state index >= 15 is 0 Å². The summed E-state index contributed by atoms with van der Waals surface area (Å²) in [7, 11) is -3.33. The molecule has 8 nitrogen and oxygen atoms in total. The average molecular weight is 329 g/mol. The number of anilines is 2. The molecule has 0 unspecified atom stereocenters. The molecule has 122 valence electrons. The Balaban J connectivity index is 2.43. The average Bonchev–Trinajstić information content (AvgIpc) is 2.45. The van der Waals surface area contributed by atoms with Gasteiger partial charge in [-0.25, -0.2) is 13.2 Å². The van der Waals surface area contributed by atoms with Crippen molar-refractivity contribution in [3.63, 3.8) is 0 Å². The maximum atomic E-state index is 11.5. The van der Waals surface area contributed by atoms with E-state index in [1.54, 1.807) is 12.1 Å². The standard InChI is InChI=1S/C13H19N3O5S/c1-2-22(20,21)16-11-7-5-10(6-8-11)15-13(19)14-9-3-4-12(17)18/h5-8,16H,2-4,9H2,1H3,(H,17,18)(H2,14,15,19). The van der Waals surface area contributed by atoms with E-state index in [0.29, 0.717) is 17.8 Å². The van der Waals surface area contributed by atoms with Crippen LogP contribution in [0.3, 0.4) is 0 Å². The van der Waals surface area contributed by atoms with Gasteiger partial charge in [-0.3, -0.25) is 9.52 Å². The first-order chi connectivity index (χ1) is 10.3. The molecule has 1 rings (SSSR count). The molecule has 0 bridgehead atoms. The van der Waals surface area contributed by atoms with E-state index < -0.39 is 22.0 Å². The summed E-state index contributed by atoms with van der Waals surface area (Å²) in [4.78, 5) is 21.8. The number of carboxylic acid groups (broad SMARTS) is 1. The van der Waals surface area contributed by atoms with Crippen molar-refractivity contribution in [1.82, 2.24) is 5.32 Å². The Bertz CT molecular complexity index is 613. The Labute approximate surface area is 129 Å². The van der Waals surface area contributed by atoms with E-state index in [0.717, 1.165) is 0 Å². The highest BCUT2D eigenvalue weighted by Crippen LogP contribution is 2.14. The van der Waals surface area contributed by atoms with Gasteiger partial charge in [0.2, 0.25) is 10.0 Å². The summed E-state index contributed by atoms with van der Waals surface area (Å²) < 4.78 is 25.2. The summed E-state index contributed by atoms with van der Waals surface area (Å²) in [6.07, 6.45) is 0.340. The van der Waals surface area contributed by atoms with Crippen LogP contribution in [0, 0.1) is 0 Å². The van der Waals surface area contributed by atoms with Crippen molar-refractivity contribution in [3.8, 4) is 0 Å². The Morgan fingerprint density at radius 1 is 1.14 bits per heavy atom. The number of aliphatic carboxylic acids is 1. The predicted molar refractivity (Wildman–Crippen MR) is 83.4 cm³/mol. The van der Waals surface area contributed by atoms with Crippen LogP contribution in [0.5, 0.6) is 0 Å². The molecule has 0 fully saturated rings. The monoisotopic (exact) mass is 329 g/mol. The number of carbonyl (C=O) groups excluding carboxylic acids is 1. The minimum atomic E-state index is -3.33. The topological polar surface area (TPSA) is 125 Å². The first-order valence-electron chi connectivity index (χ1n) is 6.69. The molecule has 1 aromatic rings. The van der Waals surface area contributed by atoms with Gasteiger partial charge in [-0.1, -0.05) is 0 Å². The molecule has 0 heterocycles. The fourth-order valence-corrected chi connectivity index (χ4v) is 2.13. The van der Waals surface area contributed by atoms with Gasteiger partial charge in [0.25, 0.3) is 0 Å². The number of rotatable bonds is 8. The van der Waals surface area contributed by atoms with E-state index in [-0.39, 0.29) is 18.7 Å². The van der Waals surface area contributed by atoms with E-state index in [4.69, 9.17) is 5.11 Å². The van der Waals surface area contributed by atoms with Crippen LogP contribution in [0.15, 0.2) is 24.3 Å². The molecule has 0 radical (unpaired) electrons. The van der Waals surface area contributed by atoms with Gasteiger partial charge in [0.15, 0.2) is 0 Å². The lowest BCUT2D eigenvalue weighted by atomic mass is 10.3. The molecule has 0 aliphatic rings. The van der Waals surface area contributed by atoms with Crippen LogP contribution in [0.2, 0.25) is 0 Å². The van der Waals surface area contributed by atoms with Crippen LogP contribution >= 0.6 is 0 Å². The molecule has 1 aromatic carbocycles. The third-order valence-corrected chi connectivity index (χ3v) is 3.96. The Hall–Kier alpha value is -2.29. The second kappa shape index (κ2) is 8.23.